The second-order valence-electron chi connectivity index (χ2n) is 5.79. The van der Waals surface area contributed by atoms with Gasteiger partial charge in [-0.15, -0.1) is 0 Å². The molecule has 1 amide bonds. The van der Waals surface area contributed by atoms with Crippen molar-refractivity contribution in [3.8, 4) is 0 Å². The highest BCUT2D eigenvalue weighted by Gasteiger charge is 2.37. The monoisotopic (exact) mass is 371 g/mol. The van der Waals surface area contributed by atoms with Gasteiger partial charge in [-0.3, -0.25) is 4.79 Å². The lowest BCUT2D eigenvalue weighted by Gasteiger charge is -2.18. The molecule has 0 aliphatic carbocycles. The summed E-state index contributed by atoms with van der Waals surface area (Å²) in [5.41, 5.74) is -4.22. The molecule has 0 saturated carbocycles. The fraction of sp³-hybridized carbons (Fsp3) is 0.467. The van der Waals surface area contributed by atoms with Gasteiger partial charge in [0.15, 0.2) is 0 Å². The Bertz CT molecular complexity index is 619. The number of carboxylic acid groups (broad SMARTS) is 1. The van der Waals surface area contributed by atoms with E-state index in [1.165, 1.54) is 0 Å². The van der Waals surface area contributed by atoms with Crippen molar-refractivity contribution in [1.82, 2.24) is 5.32 Å². The Morgan fingerprint density at radius 3 is 1.76 bits per heavy atom. The van der Waals surface area contributed by atoms with Crippen LogP contribution in [0.1, 0.15) is 41.8 Å². The first-order chi connectivity index (χ1) is 11.2. The Morgan fingerprint density at radius 1 is 1.00 bits per heavy atom. The smallest absolute Gasteiger partial charge is 0.416 e. The number of amides is 1. The van der Waals surface area contributed by atoms with E-state index in [4.69, 9.17) is 5.11 Å². The minimum Gasteiger partial charge on any atom is -0.480 e. The van der Waals surface area contributed by atoms with E-state index in [-0.39, 0.29) is 30.5 Å². The number of benzene rings is 1. The molecule has 1 rings (SSSR count). The molecule has 0 unspecified atom stereocenters. The van der Waals surface area contributed by atoms with Crippen LogP contribution < -0.4 is 5.32 Å². The first-order valence-corrected chi connectivity index (χ1v) is 7.05. The van der Waals surface area contributed by atoms with Gasteiger partial charge in [0.1, 0.15) is 6.04 Å². The lowest BCUT2D eigenvalue weighted by atomic mass is 10.0. The third kappa shape index (κ3) is 5.95. The number of carbonyl (C=O) groups is 2. The Hall–Kier alpha value is -2.26. The number of hydrogen-bond donors (Lipinski definition) is 2. The molecule has 0 aromatic heterocycles. The van der Waals surface area contributed by atoms with E-state index >= 15 is 0 Å². The van der Waals surface area contributed by atoms with Crippen molar-refractivity contribution in [1.29, 1.82) is 0 Å². The van der Waals surface area contributed by atoms with Gasteiger partial charge in [0.25, 0.3) is 5.91 Å². The van der Waals surface area contributed by atoms with Crippen LogP contribution in [-0.4, -0.2) is 23.0 Å². The SMILES string of the molecule is CC(C)C[C@@H](NC(=O)c1cc(C(F)(F)F)cc(C(F)(F)F)c1)C(=O)O. The van der Waals surface area contributed by atoms with Crippen molar-refractivity contribution in [2.24, 2.45) is 5.92 Å². The summed E-state index contributed by atoms with van der Waals surface area (Å²) in [6.45, 7) is 3.29. The zero-order valence-corrected chi connectivity index (χ0v) is 13.1. The third-order valence-corrected chi connectivity index (χ3v) is 3.16. The molecule has 0 spiro atoms. The van der Waals surface area contributed by atoms with Crippen molar-refractivity contribution in [2.45, 2.75) is 38.7 Å². The summed E-state index contributed by atoms with van der Waals surface area (Å²) in [6, 6.07) is -1.05. The van der Waals surface area contributed by atoms with Crippen LogP contribution in [0.3, 0.4) is 0 Å². The molecule has 1 atom stereocenters. The minimum atomic E-state index is -5.10. The van der Waals surface area contributed by atoms with Gasteiger partial charge < -0.3 is 10.4 Å². The maximum atomic E-state index is 12.8. The average molecular weight is 371 g/mol. The van der Waals surface area contributed by atoms with E-state index in [9.17, 15) is 35.9 Å². The van der Waals surface area contributed by atoms with E-state index in [1.54, 1.807) is 13.8 Å². The topological polar surface area (TPSA) is 66.4 Å². The number of aliphatic carboxylic acids is 1. The Morgan fingerprint density at radius 2 is 1.44 bits per heavy atom. The summed E-state index contributed by atoms with van der Waals surface area (Å²) in [5, 5.41) is 11.0. The molecule has 0 heterocycles. The summed E-state index contributed by atoms with van der Waals surface area (Å²) < 4.78 is 76.6. The number of rotatable bonds is 5. The summed E-state index contributed by atoms with van der Waals surface area (Å²) in [7, 11) is 0. The average Bonchev–Trinajstić information content (AvgIpc) is 2.43. The molecular weight excluding hydrogens is 356 g/mol. The van der Waals surface area contributed by atoms with Crippen molar-refractivity contribution < 1.29 is 41.0 Å². The van der Waals surface area contributed by atoms with E-state index in [2.05, 4.69) is 0 Å². The molecule has 1 aromatic carbocycles. The molecule has 4 nitrogen and oxygen atoms in total. The van der Waals surface area contributed by atoms with Gasteiger partial charge >= 0.3 is 18.3 Å². The summed E-state index contributed by atoms with van der Waals surface area (Å²) in [4.78, 5) is 23.1. The molecule has 1 aromatic rings. The summed E-state index contributed by atoms with van der Waals surface area (Å²) >= 11 is 0. The van der Waals surface area contributed by atoms with Crippen molar-refractivity contribution in [3.63, 3.8) is 0 Å². The van der Waals surface area contributed by atoms with Gasteiger partial charge in [-0.05, 0) is 30.5 Å². The van der Waals surface area contributed by atoms with Gasteiger partial charge in [0.05, 0.1) is 11.1 Å². The Labute approximate surface area is 138 Å². The first-order valence-electron chi connectivity index (χ1n) is 7.05. The van der Waals surface area contributed by atoms with Crippen LogP contribution in [0.25, 0.3) is 0 Å². The summed E-state index contributed by atoms with van der Waals surface area (Å²) in [6.07, 6.45) is -10.2. The molecule has 0 radical (unpaired) electrons. The lowest BCUT2D eigenvalue weighted by molar-refractivity contribution is -0.143. The maximum Gasteiger partial charge on any atom is 0.416 e. The van der Waals surface area contributed by atoms with Crippen molar-refractivity contribution in [2.75, 3.05) is 0 Å². The summed E-state index contributed by atoms with van der Waals surface area (Å²) in [5.74, 6) is -2.94. The van der Waals surface area contributed by atoms with Crippen LogP contribution >= 0.6 is 0 Å². The van der Waals surface area contributed by atoms with Gasteiger partial charge in [-0.1, -0.05) is 13.8 Å². The second-order valence-corrected chi connectivity index (χ2v) is 5.79. The fourth-order valence-corrected chi connectivity index (χ4v) is 2.02. The molecule has 0 aliphatic rings. The number of hydrogen-bond acceptors (Lipinski definition) is 2. The van der Waals surface area contributed by atoms with Crippen molar-refractivity contribution >= 4 is 11.9 Å². The van der Waals surface area contributed by atoms with E-state index in [1.807, 2.05) is 5.32 Å². The lowest BCUT2D eigenvalue weighted by Crippen LogP contribution is -2.41. The molecular formula is C15H15F6NO3. The number of carbonyl (C=O) groups excluding carboxylic acids is 1. The van der Waals surface area contributed by atoms with Crippen LogP contribution in [-0.2, 0) is 17.1 Å². The highest BCUT2D eigenvalue weighted by molar-refractivity contribution is 5.97. The largest absolute Gasteiger partial charge is 0.480 e. The van der Waals surface area contributed by atoms with Gasteiger partial charge in [-0.25, -0.2) is 4.79 Å². The van der Waals surface area contributed by atoms with E-state index < -0.39 is 47.0 Å². The third-order valence-electron chi connectivity index (χ3n) is 3.16. The molecule has 0 fully saturated rings. The molecule has 2 N–H and O–H groups in total. The first kappa shape index (κ1) is 20.8. The van der Waals surface area contributed by atoms with Crippen LogP contribution in [0.15, 0.2) is 18.2 Å². The number of carboxylic acids is 1. The zero-order valence-electron chi connectivity index (χ0n) is 13.1. The van der Waals surface area contributed by atoms with Crippen LogP contribution in [0.2, 0.25) is 0 Å². The molecule has 140 valence electrons. The van der Waals surface area contributed by atoms with Crippen LogP contribution in [0.4, 0.5) is 26.3 Å². The Balaban J connectivity index is 3.26. The van der Waals surface area contributed by atoms with E-state index in [0.717, 1.165) is 0 Å². The molecule has 25 heavy (non-hydrogen) atoms. The highest BCUT2D eigenvalue weighted by atomic mass is 19.4. The molecule has 0 saturated heterocycles. The van der Waals surface area contributed by atoms with Crippen molar-refractivity contribution in [3.05, 3.63) is 34.9 Å². The van der Waals surface area contributed by atoms with E-state index in [0.29, 0.717) is 0 Å². The number of halogens is 6. The zero-order chi connectivity index (χ0) is 19.6. The number of nitrogens with one attached hydrogen (secondary N) is 1. The normalized spacial score (nSPS) is 13.6. The molecule has 10 heteroatoms. The van der Waals surface area contributed by atoms with Gasteiger partial charge in [0.2, 0.25) is 0 Å². The van der Waals surface area contributed by atoms with Gasteiger partial charge in [-0.2, -0.15) is 26.3 Å². The van der Waals surface area contributed by atoms with Crippen LogP contribution in [0, 0.1) is 5.92 Å². The van der Waals surface area contributed by atoms with Gasteiger partial charge in [0, 0.05) is 5.56 Å². The highest BCUT2D eigenvalue weighted by Crippen LogP contribution is 2.36. The maximum absolute atomic E-state index is 12.8. The quantitative estimate of drug-likeness (QED) is 0.771. The predicted molar refractivity (Wildman–Crippen MR) is 74.8 cm³/mol. The fourth-order valence-electron chi connectivity index (χ4n) is 2.02. The Kier molecular flexibility index (Phi) is 6.09. The number of alkyl halides is 6. The predicted octanol–water partition coefficient (Wildman–Crippen LogP) is 3.95. The molecule has 0 bridgehead atoms. The molecule has 0 aliphatic heterocycles. The second kappa shape index (κ2) is 7.32. The standard InChI is InChI=1S/C15H15F6NO3/c1-7(2)3-11(13(24)25)22-12(23)8-4-9(14(16,17)18)6-10(5-8)15(19,20)21/h4-7,11H,3H2,1-2H3,(H,22,23)(H,24,25)/t11-/m1/s1. The minimum absolute atomic E-state index is 0.0356. The van der Waals surface area contributed by atoms with Crippen LogP contribution in [0.5, 0.6) is 0 Å².